The van der Waals surface area contributed by atoms with Crippen LogP contribution in [0, 0.1) is 13.8 Å². The number of aromatic nitrogens is 2. The maximum Gasteiger partial charge on any atom is 0.221 e. The summed E-state index contributed by atoms with van der Waals surface area (Å²) >= 11 is 1.54. The molecule has 2 aromatic heterocycles. The molecule has 2 heterocycles. The van der Waals surface area contributed by atoms with Crippen LogP contribution in [0.3, 0.4) is 0 Å². The van der Waals surface area contributed by atoms with Gasteiger partial charge in [-0.3, -0.25) is 0 Å². The minimum Gasteiger partial charge on any atom is -0.468 e. The van der Waals surface area contributed by atoms with Crippen molar-refractivity contribution in [2.24, 2.45) is 0 Å². The van der Waals surface area contributed by atoms with E-state index in [1.165, 1.54) is 11.8 Å². The van der Waals surface area contributed by atoms with Crippen LogP contribution in [-0.2, 0) is 0 Å². The van der Waals surface area contributed by atoms with Gasteiger partial charge >= 0.3 is 0 Å². The highest BCUT2D eigenvalue weighted by Crippen LogP contribution is 2.31. The van der Waals surface area contributed by atoms with E-state index in [2.05, 4.69) is 9.97 Å². The number of furan rings is 1. The minimum atomic E-state index is 0.296. The first-order chi connectivity index (χ1) is 7.16. The van der Waals surface area contributed by atoms with Crippen LogP contribution >= 0.6 is 11.8 Å². The van der Waals surface area contributed by atoms with Crippen LogP contribution in [0.15, 0.2) is 32.9 Å². The zero-order valence-electron chi connectivity index (χ0n) is 8.52. The Bertz CT molecular complexity index is 481. The van der Waals surface area contributed by atoms with Gasteiger partial charge in [0, 0.05) is 11.8 Å². The van der Waals surface area contributed by atoms with E-state index in [4.69, 9.17) is 10.2 Å². The van der Waals surface area contributed by atoms with E-state index in [-0.39, 0.29) is 0 Å². The number of nitrogens with two attached hydrogens (primary N) is 1. The van der Waals surface area contributed by atoms with Gasteiger partial charge in [-0.05, 0) is 19.9 Å². The second-order valence-electron chi connectivity index (χ2n) is 3.16. The number of nitrogen functional groups attached to an aromatic ring is 1. The summed E-state index contributed by atoms with van der Waals surface area (Å²) in [5, 5.41) is 0.868. The van der Waals surface area contributed by atoms with Crippen LogP contribution in [0.4, 0.5) is 5.95 Å². The van der Waals surface area contributed by atoms with Gasteiger partial charge in [-0.2, -0.15) is 0 Å². The fourth-order valence-corrected chi connectivity index (χ4v) is 2.00. The molecule has 0 saturated carbocycles. The zero-order chi connectivity index (χ0) is 10.8. The quantitative estimate of drug-likeness (QED) is 0.789. The Balaban J connectivity index is 2.32. The second kappa shape index (κ2) is 3.94. The summed E-state index contributed by atoms with van der Waals surface area (Å²) < 4.78 is 5.21. The van der Waals surface area contributed by atoms with Gasteiger partial charge in [-0.25, -0.2) is 9.97 Å². The average molecular weight is 221 g/mol. The predicted octanol–water partition coefficient (Wildman–Crippen LogP) is 2.42. The molecule has 0 radical (unpaired) electrons. The monoisotopic (exact) mass is 221 g/mol. The molecule has 0 unspecified atom stereocenters. The average Bonchev–Trinajstić information content (AvgIpc) is 2.58. The van der Waals surface area contributed by atoms with E-state index in [0.29, 0.717) is 5.95 Å². The Morgan fingerprint density at radius 3 is 2.87 bits per heavy atom. The lowest BCUT2D eigenvalue weighted by Crippen LogP contribution is -1.97. The molecule has 78 valence electrons. The molecule has 0 spiro atoms. The number of aryl methyl sites for hydroxylation is 2. The Kier molecular flexibility index (Phi) is 2.64. The lowest BCUT2D eigenvalue weighted by molar-refractivity contribution is 0.527. The third-order valence-electron chi connectivity index (χ3n) is 1.96. The van der Waals surface area contributed by atoms with Crippen LogP contribution in [0.1, 0.15) is 11.3 Å². The molecule has 0 aliphatic rings. The van der Waals surface area contributed by atoms with Crippen LogP contribution in [0.25, 0.3) is 0 Å². The lowest BCUT2D eigenvalue weighted by Gasteiger charge is -2.03. The van der Waals surface area contributed by atoms with E-state index < -0.39 is 0 Å². The topological polar surface area (TPSA) is 64.9 Å². The van der Waals surface area contributed by atoms with E-state index in [1.54, 1.807) is 12.5 Å². The summed E-state index contributed by atoms with van der Waals surface area (Å²) in [5.41, 5.74) is 6.54. The molecule has 4 nitrogen and oxygen atoms in total. The molecule has 0 atom stereocenters. The lowest BCUT2D eigenvalue weighted by atomic mass is 10.4. The van der Waals surface area contributed by atoms with E-state index in [1.807, 2.05) is 19.9 Å². The highest BCUT2D eigenvalue weighted by atomic mass is 32.2. The van der Waals surface area contributed by atoms with Crippen molar-refractivity contribution in [2.45, 2.75) is 23.8 Å². The van der Waals surface area contributed by atoms with E-state index in [9.17, 15) is 0 Å². The van der Waals surface area contributed by atoms with Gasteiger partial charge in [0.25, 0.3) is 0 Å². The molecular weight excluding hydrogens is 210 g/mol. The standard InChI is InChI=1S/C10H11N3OS/c1-6-5-12-10(11)13-9(6)15-8-3-4-14-7(8)2/h3-5H,1-2H3,(H2,11,12,13). The number of hydrogen-bond acceptors (Lipinski definition) is 5. The smallest absolute Gasteiger partial charge is 0.221 e. The van der Waals surface area contributed by atoms with Crippen LogP contribution in [0.2, 0.25) is 0 Å². The molecule has 0 aliphatic heterocycles. The summed E-state index contributed by atoms with van der Waals surface area (Å²) in [5.74, 6) is 1.18. The number of hydrogen-bond donors (Lipinski definition) is 1. The molecule has 0 fully saturated rings. The van der Waals surface area contributed by atoms with Gasteiger partial charge in [0.2, 0.25) is 5.95 Å². The molecule has 15 heavy (non-hydrogen) atoms. The summed E-state index contributed by atoms with van der Waals surface area (Å²) in [6, 6.07) is 1.91. The molecule has 5 heteroatoms. The number of anilines is 1. The van der Waals surface area contributed by atoms with Gasteiger partial charge in [-0.1, -0.05) is 11.8 Å². The normalized spacial score (nSPS) is 10.5. The molecule has 0 aliphatic carbocycles. The van der Waals surface area contributed by atoms with Crippen molar-refractivity contribution in [3.8, 4) is 0 Å². The molecule has 2 N–H and O–H groups in total. The Hall–Kier alpha value is -1.49. The second-order valence-corrected chi connectivity index (χ2v) is 4.19. The molecule has 0 amide bonds. The molecule has 0 bridgehead atoms. The SMILES string of the molecule is Cc1cnc(N)nc1Sc1ccoc1C. The Labute approximate surface area is 91.9 Å². The zero-order valence-corrected chi connectivity index (χ0v) is 9.34. The first-order valence-electron chi connectivity index (χ1n) is 4.48. The Morgan fingerprint density at radius 2 is 2.20 bits per heavy atom. The third kappa shape index (κ3) is 2.12. The fraction of sp³-hybridized carbons (Fsp3) is 0.200. The maximum absolute atomic E-state index is 5.54. The van der Waals surface area contributed by atoms with Crippen molar-refractivity contribution in [3.05, 3.63) is 29.9 Å². The van der Waals surface area contributed by atoms with Gasteiger partial charge in [0.15, 0.2) is 0 Å². The van der Waals surface area contributed by atoms with Gasteiger partial charge in [-0.15, -0.1) is 0 Å². The summed E-state index contributed by atoms with van der Waals surface area (Å²) in [6.45, 7) is 3.87. The largest absolute Gasteiger partial charge is 0.468 e. The van der Waals surface area contributed by atoms with Crippen molar-refractivity contribution >= 4 is 17.7 Å². The van der Waals surface area contributed by atoms with Gasteiger partial charge in [0.1, 0.15) is 10.8 Å². The molecule has 0 aromatic carbocycles. The predicted molar refractivity (Wildman–Crippen MR) is 58.7 cm³/mol. The summed E-state index contributed by atoms with van der Waals surface area (Å²) in [6.07, 6.45) is 3.39. The van der Waals surface area contributed by atoms with Crippen LogP contribution in [-0.4, -0.2) is 9.97 Å². The summed E-state index contributed by atoms with van der Waals surface area (Å²) in [7, 11) is 0. The van der Waals surface area contributed by atoms with Gasteiger partial charge in [0.05, 0.1) is 11.2 Å². The van der Waals surface area contributed by atoms with E-state index in [0.717, 1.165) is 21.2 Å². The van der Waals surface area contributed by atoms with Gasteiger partial charge < -0.3 is 10.2 Å². The summed E-state index contributed by atoms with van der Waals surface area (Å²) in [4.78, 5) is 9.15. The molecule has 2 rings (SSSR count). The molecule has 0 saturated heterocycles. The van der Waals surface area contributed by atoms with E-state index >= 15 is 0 Å². The number of nitrogens with zero attached hydrogens (tertiary/aromatic N) is 2. The van der Waals surface area contributed by atoms with Crippen molar-refractivity contribution < 1.29 is 4.42 Å². The maximum atomic E-state index is 5.54. The first-order valence-corrected chi connectivity index (χ1v) is 5.29. The number of rotatable bonds is 2. The molecular formula is C10H11N3OS. The van der Waals surface area contributed by atoms with Crippen molar-refractivity contribution in [2.75, 3.05) is 5.73 Å². The van der Waals surface area contributed by atoms with Crippen LogP contribution in [0.5, 0.6) is 0 Å². The third-order valence-corrected chi connectivity index (χ3v) is 3.21. The Morgan fingerprint density at radius 1 is 1.40 bits per heavy atom. The highest BCUT2D eigenvalue weighted by Gasteiger charge is 2.08. The fourth-order valence-electron chi connectivity index (χ4n) is 1.13. The molecule has 2 aromatic rings. The van der Waals surface area contributed by atoms with Crippen molar-refractivity contribution in [1.82, 2.24) is 9.97 Å². The first kappa shape index (κ1) is 10.0. The van der Waals surface area contributed by atoms with Crippen molar-refractivity contribution in [1.29, 1.82) is 0 Å². The highest BCUT2D eigenvalue weighted by molar-refractivity contribution is 7.99. The van der Waals surface area contributed by atoms with Crippen molar-refractivity contribution in [3.63, 3.8) is 0 Å². The van der Waals surface area contributed by atoms with Crippen LogP contribution < -0.4 is 5.73 Å². The minimum absolute atomic E-state index is 0.296.